The number of nitrogens with zero attached hydrogens (tertiary/aromatic N) is 1. The van der Waals surface area contributed by atoms with Crippen molar-refractivity contribution in [3.63, 3.8) is 0 Å². The lowest BCUT2D eigenvalue weighted by molar-refractivity contribution is -0.142. The molecule has 0 bridgehead atoms. The van der Waals surface area contributed by atoms with Crippen LogP contribution in [-0.2, 0) is 16.0 Å². The highest BCUT2D eigenvalue weighted by Gasteiger charge is 2.13. The summed E-state index contributed by atoms with van der Waals surface area (Å²) < 4.78 is 4.50. The molecule has 0 saturated heterocycles. The first-order valence-corrected chi connectivity index (χ1v) is 3.96. The molecule has 0 fully saturated rings. The molecule has 1 rings (SSSR count). The first-order chi connectivity index (χ1) is 6.24. The number of rotatable bonds is 3. The molecule has 0 unspecified atom stereocenters. The van der Waals surface area contributed by atoms with Gasteiger partial charge in [0.15, 0.2) is 0 Å². The van der Waals surface area contributed by atoms with Crippen molar-refractivity contribution >= 4 is 5.97 Å². The van der Waals surface area contributed by atoms with E-state index < -0.39 is 12.0 Å². The molecule has 70 valence electrons. The maximum absolute atomic E-state index is 10.9. The van der Waals surface area contributed by atoms with Crippen LogP contribution in [0.15, 0.2) is 24.5 Å². The Morgan fingerprint density at radius 3 is 3.08 bits per heavy atom. The Hall–Kier alpha value is -1.42. The predicted molar refractivity (Wildman–Crippen MR) is 47.9 cm³/mol. The summed E-state index contributed by atoms with van der Waals surface area (Å²) >= 11 is 0. The largest absolute Gasteiger partial charge is 0.468 e. The number of carbonyl (C=O) groups is 1. The van der Waals surface area contributed by atoms with Gasteiger partial charge in [0, 0.05) is 12.4 Å². The number of methoxy groups -OCH3 is 1. The van der Waals surface area contributed by atoms with E-state index >= 15 is 0 Å². The van der Waals surface area contributed by atoms with Gasteiger partial charge in [0.2, 0.25) is 0 Å². The molecule has 0 saturated carbocycles. The Morgan fingerprint density at radius 1 is 1.77 bits per heavy atom. The van der Waals surface area contributed by atoms with Crippen LogP contribution in [0.2, 0.25) is 0 Å². The van der Waals surface area contributed by atoms with Gasteiger partial charge in [-0.1, -0.05) is 6.07 Å². The summed E-state index contributed by atoms with van der Waals surface area (Å²) in [6, 6.07) is 3.07. The van der Waals surface area contributed by atoms with E-state index in [1.807, 2.05) is 6.07 Å². The standard InChI is InChI=1S/C9H12N2O2/c1-13-9(12)8(10)5-7-3-2-4-11-6-7/h2-4,6,8H,5,10H2,1H3/t8-/m0/s1. The van der Waals surface area contributed by atoms with Crippen LogP contribution in [0.25, 0.3) is 0 Å². The van der Waals surface area contributed by atoms with E-state index in [0.717, 1.165) is 5.56 Å². The SMILES string of the molecule is COC(=O)[C@@H](N)Cc1cccnc1. The summed E-state index contributed by atoms with van der Waals surface area (Å²) in [4.78, 5) is 14.9. The van der Waals surface area contributed by atoms with Crippen LogP contribution in [0.4, 0.5) is 0 Å². The third kappa shape index (κ3) is 2.83. The zero-order chi connectivity index (χ0) is 9.68. The van der Waals surface area contributed by atoms with Gasteiger partial charge in [0.1, 0.15) is 6.04 Å². The van der Waals surface area contributed by atoms with E-state index in [9.17, 15) is 4.79 Å². The monoisotopic (exact) mass is 180 g/mol. The smallest absolute Gasteiger partial charge is 0.322 e. The van der Waals surface area contributed by atoms with Gasteiger partial charge in [0.05, 0.1) is 7.11 Å². The molecule has 0 radical (unpaired) electrons. The molecular weight excluding hydrogens is 168 g/mol. The van der Waals surface area contributed by atoms with Crippen molar-refractivity contribution in [2.75, 3.05) is 7.11 Å². The van der Waals surface area contributed by atoms with Crippen LogP contribution in [-0.4, -0.2) is 24.1 Å². The fourth-order valence-electron chi connectivity index (χ4n) is 1.01. The van der Waals surface area contributed by atoms with Crippen LogP contribution in [0.3, 0.4) is 0 Å². The van der Waals surface area contributed by atoms with Crippen molar-refractivity contribution in [2.45, 2.75) is 12.5 Å². The molecule has 4 nitrogen and oxygen atoms in total. The molecule has 1 aromatic heterocycles. The lowest BCUT2D eigenvalue weighted by Gasteiger charge is -2.07. The van der Waals surface area contributed by atoms with Crippen molar-refractivity contribution in [3.8, 4) is 0 Å². The second-order valence-corrected chi connectivity index (χ2v) is 2.70. The number of nitrogens with two attached hydrogens (primary N) is 1. The summed E-state index contributed by atoms with van der Waals surface area (Å²) in [5, 5.41) is 0. The van der Waals surface area contributed by atoms with E-state index in [1.54, 1.807) is 18.5 Å². The van der Waals surface area contributed by atoms with E-state index in [1.165, 1.54) is 7.11 Å². The maximum atomic E-state index is 10.9. The zero-order valence-corrected chi connectivity index (χ0v) is 7.43. The number of esters is 1. The number of carbonyl (C=O) groups excluding carboxylic acids is 1. The van der Waals surface area contributed by atoms with Gasteiger partial charge >= 0.3 is 5.97 Å². The molecule has 2 N–H and O–H groups in total. The molecule has 0 amide bonds. The Kier molecular flexibility index (Phi) is 3.40. The number of aromatic nitrogens is 1. The Balaban J connectivity index is 2.55. The lowest BCUT2D eigenvalue weighted by atomic mass is 10.1. The predicted octanol–water partition coefficient (Wildman–Crippen LogP) is 0.124. The number of pyridine rings is 1. The normalized spacial score (nSPS) is 12.2. The van der Waals surface area contributed by atoms with Gasteiger partial charge in [-0.05, 0) is 18.1 Å². The maximum Gasteiger partial charge on any atom is 0.322 e. The zero-order valence-electron chi connectivity index (χ0n) is 7.43. The van der Waals surface area contributed by atoms with Crippen molar-refractivity contribution in [3.05, 3.63) is 30.1 Å². The molecule has 13 heavy (non-hydrogen) atoms. The molecule has 4 heteroatoms. The first kappa shape index (κ1) is 9.67. The molecule has 0 spiro atoms. The Morgan fingerprint density at radius 2 is 2.54 bits per heavy atom. The molecule has 0 aliphatic heterocycles. The summed E-state index contributed by atoms with van der Waals surface area (Å²) in [5.74, 6) is -0.399. The second kappa shape index (κ2) is 4.57. The molecule has 0 aromatic carbocycles. The average Bonchev–Trinajstić information content (AvgIpc) is 2.18. The van der Waals surface area contributed by atoms with Crippen molar-refractivity contribution in [1.29, 1.82) is 0 Å². The minimum atomic E-state index is -0.603. The van der Waals surface area contributed by atoms with Gasteiger partial charge in [0.25, 0.3) is 0 Å². The Labute approximate surface area is 76.7 Å². The highest BCUT2D eigenvalue weighted by atomic mass is 16.5. The first-order valence-electron chi connectivity index (χ1n) is 3.96. The minimum absolute atomic E-state index is 0.399. The third-order valence-corrected chi connectivity index (χ3v) is 1.68. The van der Waals surface area contributed by atoms with Crippen LogP contribution in [0.1, 0.15) is 5.56 Å². The van der Waals surface area contributed by atoms with E-state index in [0.29, 0.717) is 6.42 Å². The highest BCUT2D eigenvalue weighted by Crippen LogP contribution is 2.00. The van der Waals surface area contributed by atoms with Crippen LogP contribution in [0, 0.1) is 0 Å². The number of hydrogen-bond donors (Lipinski definition) is 1. The summed E-state index contributed by atoms with van der Waals surface area (Å²) in [5.41, 5.74) is 6.49. The summed E-state index contributed by atoms with van der Waals surface area (Å²) in [6.45, 7) is 0. The van der Waals surface area contributed by atoms with Crippen LogP contribution >= 0.6 is 0 Å². The van der Waals surface area contributed by atoms with E-state index in [4.69, 9.17) is 5.73 Å². The van der Waals surface area contributed by atoms with Gasteiger partial charge in [-0.25, -0.2) is 0 Å². The van der Waals surface area contributed by atoms with Crippen LogP contribution in [0.5, 0.6) is 0 Å². The van der Waals surface area contributed by atoms with Crippen molar-refractivity contribution < 1.29 is 9.53 Å². The molecule has 0 aliphatic rings. The van der Waals surface area contributed by atoms with Gasteiger partial charge in [-0.2, -0.15) is 0 Å². The van der Waals surface area contributed by atoms with Crippen molar-refractivity contribution in [1.82, 2.24) is 4.98 Å². The summed E-state index contributed by atoms with van der Waals surface area (Å²) in [6.07, 6.45) is 3.82. The third-order valence-electron chi connectivity index (χ3n) is 1.68. The highest BCUT2D eigenvalue weighted by molar-refractivity contribution is 5.75. The Bertz CT molecular complexity index is 274. The molecule has 1 aromatic rings. The quantitative estimate of drug-likeness (QED) is 0.671. The van der Waals surface area contributed by atoms with Gasteiger partial charge in [-0.3, -0.25) is 9.78 Å². The van der Waals surface area contributed by atoms with Crippen LogP contribution < -0.4 is 5.73 Å². The average molecular weight is 180 g/mol. The fourth-order valence-corrected chi connectivity index (χ4v) is 1.01. The van der Waals surface area contributed by atoms with Gasteiger partial charge < -0.3 is 10.5 Å². The van der Waals surface area contributed by atoms with Gasteiger partial charge in [-0.15, -0.1) is 0 Å². The van der Waals surface area contributed by atoms with E-state index in [-0.39, 0.29) is 0 Å². The lowest BCUT2D eigenvalue weighted by Crippen LogP contribution is -2.33. The number of ether oxygens (including phenoxy) is 1. The van der Waals surface area contributed by atoms with Crippen molar-refractivity contribution in [2.24, 2.45) is 5.73 Å². The fraction of sp³-hybridized carbons (Fsp3) is 0.333. The molecule has 1 heterocycles. The number of hydrogen-bond acceptors (Lipinski definition) is 4. The molecule has 1 atom stereocenters. The second-order valence-electron chi connectivity index (χ2n) is 2.70. The minimum Gasteiger partial charge on any atom is -0.468 e. The topological polar surface area (TPSA) is 65.2 Å². The summed E-state index contributed by atoms with van der Waals surface area (Å²) in [7, 11) is 1.32. The molecule has 0 aliphatic carbocycles. The van der Waals surface area contributed by atoms with E-state index in [2.05, 4.69) is 9.72 Å². The molecular formula is C9H12N2O2.